The predicted octanol–water partition coefficient (Wildman–Crippen LogP) is 4.82. The van der Waals surface area contributed by atoms with Gasteiger partial charge < -0.3 is 5.32 Å². The first-order valence-electron chi connectivity index (χ1n) is 13.5. The summed E-state index contributed by atoms with van der Waals surface area (Å²) in [5, 5.41) is 10.7. The third-order valence-corrected chi connectivity index (χ3v) is 9.09. The summed E-state index contributed by atoms with van der Waals surface area (Å²) >= 11 is 0. The number of alkyl halides is 1. The second kappa shape index (κ2) is 8.67. The van der Waals surface area contributed by atoms with Crippen LogP contribution in [0.2, 0.25) is 0 Å². The van der Waals surface area contributed by atoms with Gasteiger partial charge in [-0.05, 0) is 73.8 Å². The SMILES string of the molecule is CC1Cc2cc(-c3cn[nH]c3)ccc2C(c2ccc(NC3CN(CCCF)C3)cn2)N1C12CC(C1)C2. The maximum absolute atomic E-state index is 12.4. The number of aromatic amines is 1. The Labute approximate surface area is 212 Å². The van der Waals surface area contributed by atoms with Crippen molar-refractivity contribution in [3.05, 3.63) is 65.7 Å². The number of hydrogen-bond acceptors (Lipinski definition) is 5. The number of H-pyrrole nitrogens is 1. The molecule has 2 atom stereocenters. The van der Waals surface area contributed by atoms with Crippen LogP contribution in [0.5, 0.6) is 0 Å². The Morgan fingerprint density at radius 3 is 2.64 bits per heavy atom. The first kappa shape index (κ1) is 22.4. The summed E-state index contributed by atoms with van der Waals surface area (Å²) in [5.74, 6) is 0.939. The third-order valence-electron chi connectivity index (χ3n) is 9.09. The highest BCUT2D eigenvalue weighted by Gasteiger charge is 2.63. The van der Waals surface area contributed by atoms with E-state index >= 15 is 0 Å². The molecule has 2 N–H and O–H groups in total. The summed E-state index contributed by atoms with van der Waals surface area (Å²) in [6.45, 7) is 4.98. The minimum absolute atomic E-state index is 0.192. The van der Waals surface area contributed by atoms with Crippen molar-refractivity contribution in [2.75, 3.05) is 31.6 Å². The molecule has 1 aromatic carbocycles. The standard InChI is InChI=1S/C29H35FN6/c1-19-9-22-10-21(23-14-32-33-15-23)3-5-26(22)28(36(19)29-11-20(12-29)13-29)27-6-4-24(16-31-27)34-25-17-35(18-25)8-2-7-30/h3-6,10,14-16,19-20,25,28,34H,2,7-9,11-13,17-18H2,1H3,(H,32,33). The zero-order valence-electron chi connectivity index (χ0n) is 21.0. The van der Waals surface area contributed by atoms with Crippen LogP contribution in [0.4, 0.5) is 10.1 Å². The smallest absolute Gasteiger partial charge is 0.0906 e. The molecule has 0 spiro atoms. The van der Waals surface area contributed by atoms with Crippen LogP contribution in [-0.2, 0) is 6.42 Å². The lowest BCUT2D eigenvalue weighted by Crippen LogP contribution is -2.71. The van der Waals surface area contributed by atoms with Gasteiger partial charge in [0.1, 0.15) is 0 Å². The molecule has 7 heteroatoms. The molecule has 3 saturated carbocycles. The Morgan fingerprint density at radius 1 is 1.11 bits per heavy atom. The monoisotopic (exact) mass is 486 g/mol. The average Bonchev–Trinajstić information content (AvgIpc) is 3.34. The fourth-order valence-corrected chi connectivity index (χ4v) is 7.27. The maximum atomic E-state index is 12.4. The van der Waals surface area contributed by atoms with E-state index in [1.807, 2.05) is 18.6 Å². The van der Waals surface area contributed by atoms with Crippen molar-refractivity contribution in [1.29, 1.82) is 0 Å². The van der Waals surface area contributed by atoms with Crippen molar-refractivity contribution in [3.63, 3.8) is 0 Å². The number of nitrogens with zero attached hydrogens (tertiary/aromatic N) is 4. The number of benzene rings is 1. The lowest BCUT2D eigenvalue weighted by Gasteiger charge is -2.70. The largest absolute Gasteiger partial charge is 0.378 e. The Hall–Kier alpha value is -2.77. The second-order valence-corrected chi connectivity index (χ2v) is 11.6. The topological polar surface area (TPSA) is 60.1 Å². The van der Waals surface area contributed by atoms with E-state index in [-0.39, 0.29) is 12.7 Å². The molecule has 3 aliphatic carbocycles. The molecular weight excluding hydrogens is 451 g/mol. The van der Waals surface area contributed by atoms with Crippen molar-refractivity contribution in [2.24, 2.45) is 5.92 Å². The number of nitrogens with one attached hydrogen (secondary N) is 2. The lowest BCUT2D eigenvalue weighted by molar-refractivity contribution is -0.174. The number of pyridine rings is 1. The Morgan fingerprint density at radius 2 is 1.97 bits per heavy atom. The van der Waals surface area contributed by atoms with Crippen LogP contribution >= 0.6 is 0 Å². The number of aromatic nitrogens is 3. The molecule has 0 radical (unpaired) electrons. The van der Waals surface area contributed by atoms with Crippen LogP contribution < -0.4 is 5.32 Å². The van der Waals surface area contributed by atoms with Crippen molar-refractivity contribution in [1.82, 2.24) is 25.0 Å². The molecule has 8 rings (SSSR count). The van der Waals surface area contributed by atoms with Crippen LogP contribution in [0.3, 0.4) is 0 Å². The van der Waals surface area contributed by atoms with E-state index in [0.29, 0.717) is 24.0 Å². The predicted molar refractivity (Wildman–Crippen MR) is 140 cm³/mol. The van der Waals surface area contributed by atoms with Gasteiger partial charge in [0.25, 0.3) is 0 Å². The van der Waals surface area contributed by atoms with Gasteiger partial charge in [0.05, 0.1) is 42.5 Å². The molecule has 4 heterocycles. The third kappa shape index (κ3) is 3.67. The van der Waals surface area contributed by atoms with E-state index in [9.17, 15) is 4.39 Å². The van der Waals surface area contributed by atoms with Crippen LogP contribution in [0.15, 0.2) is 48.9 Å². The minimum Gasteiger partial charge on any atom is -0.378 e. The number of likely N-dealkylation sites (tertiary alicyclic amines) is 1. The highest BCUT2D eigenvalue weighted by atomic mass is 19.1. The molecule has 3 aromatic rings. The van der Waals surface area contributed by atoms with Gasteiger partial charge in [0.15, 0.2) is 0 Å². The van der Waals surface area contributed by atoms with Gasteiger partial charge in [-0.3, -0.25) is 24.3 Å². The van der Waals surface area contributed by atoms with Gasteiger partial charge in [0, 0.05) is 43.0 Å². The molecule has 1 saturated heterocycles. The average molecular weight is 487 g/mol. The molecule has 0 amide bonds. The minimum atomic E-state index is -0.230. The normalized spacial score (nSPS) is 29.7. The lowest BCUT2D eigenvalue weighted by atomic mass is 9.48. The number of anilines is 1. The summed E-state index contributed by atoms with van der Waals surface area (Å²) in [4.78, 5) is 10.2. The zero-order valence-corrected chi connectivity index (χ0v) is 21.0. The van der Waals surface area contributed by atoms with Gasteiger partial charge >= 0.3 is 0 Å². The summed E-state index contributed by atoms with van der Waals surface area (Å²) in [5.41, 5.74) is 7.78. The van der Waals surface area contributed by atoms with E-state index < -0.39 is 0 Å². The highest BCUT2D eigenvalue weighted by molar-refractivity contribution is 5.64. The zero-order chi connectivity index (χ0) is 24.3. The quantitative estimate of drug-likeness (QED) is 0.478. The van der Waals surface area contributed by atoms with E-state index in [4.69, 9.17) is 4.98 Å². The van der Waals surface area contributed by atoms with Crippen LogP contribution in [-0.4, -0.2) is 68.9 Å². The maximum Gasteiger partial charge on any atom is 0.0906 e. The summed E-state index contributed by atoms with van der Waals surface area (Å²) < 4.78 is 12.4. The van der Waals surface area contributed by atoms with E-state index in [1.54, 1.807) is 0 Å². The molecule has 2 aromatic heterocycles. The van der Waals surface area contributed by atoms with Crippen LogP contribution in [0.1, 0.15) is 55.5 Å². The van der Waals surface area contributed by atoms with Gasteiger partial charge in [-0.1, -0.05) is 18.2 Å². The number of halogens is 1. The molecule has 2 aliphatic heterocycles. The fraction of sp³-hybridized carbons (Fsp3) is 0.517. The first-order chi connectivity index (χ1) is 17.6. The fourth-order valence-electron chi connectivity index (χ4n) is 7.27. The van der Waals surface area contributed by atoms with Crippen molar-refractivity contribution in [2.45, 2.75) is 62.7 Å². The molecule has 4 fully saturated rings. The van der Waals surface area contributed by atoms with Crippen LogP contribution in [0.25, 0.3) is 11.1 Å². The molecule has 5 aliphatic rings. The highest BCUT2D eigenvalue weighted by Crippen LogP contribution is 2.64. The van der Waals surface area contributed by atoms with E-state index in [2.05, 4.69) is 62.6 Å². The molecule has 188 valence electrons. The molecular formula is C29H35FN6. The molecule has 2 unspecified atom stereocenters. The van der Waals surface area contributed by atoms with Crippen molar-refractivity contribution < 1.29 is 4.39 Å². The van der Waals surface area contributed by atoms with Gasteiger partial charge in [-0.25, -0.2) is 0 Å². The Balaban J connectivity index is 1.16. The summed E-state index contributed by atoms with van der Waals surface area (Å²) in [6.07, 6.45) is 11.6. The summed E-state index contributed by atoms with van der Waals surface area (Å²) in [7, 11) is 0. The van der Waals surface area contributed by atoms with E-state index in [0.717, 1.165) is 48.9 Å². The van der Waals surface area contributed by atoms with Gasteiger partial charge in [-0.15, -0.1) is 0 Å². The molecule has 2 bridgehead atoms. The Bertz CT molecular complexity index is 1200. The molecule has 36 heavy (non-hydrogen) atoms. The van der Waals surface area contributed by atoms with Gasteiger partial charge in [0.2, 0.25) is 0 Å². The van der Waals surface area contributed by atoms with Crippen LogP contribution in [0, 0.1) is 5.92 Å². The van der Waals surface area contributed by atoms with Crippen molar-refractivity contribution >= 4 is 5.69 Å². The number of hydrogen-bond donors (Lipinski definition) is 2. The Kier molecular flexibility index (Phi) is 5.40. The number of rotatable bonds is 8. The van der Waals surface area contributed by atoms with Crippen molar-refractivity contribution in [3.8, 4) is 11.1 Å². The van der Waals surface area contributed by atoms with E-state index in [1.165, 1.54) is 36.0 Å². The number of fused-ring (bicyclic) bond motifs is 1. The second-order valence-electron chi connectivity index (χ2n) is 11.6. The van der Waals surface area contributed by atoms with Gasteiger partial charge in [-0.2, -0.15) is 5.10 Å². The molecule has 6 nitrogen and oxygen atoms in total. The summed E-state index contributed by atoms with van der Waals surface area (Å²) in [6, 6.07) is 12.5. The first-order valence-corrected chi connectivity index (χ1v) is 13.5.